The molecule has 0 aromatic heterocycles. The van der Waals surface area contributed by atoms with Gasteiger partial charge in [0.2, 0.25) is 0 Å². The summed E-state index contributed by atoms with van der Waals surface area (Å²) in [6.07, 6.45) is 0. The van der Waals surface area contributed by atoms with E-state index in [2.05, 4.69) is 0 Å². The van der Waals surface area contributed by atoms with Gasteiger partial charge >= 0.3 is 130 Å². The van der Waals surface area contributed by atoms with Gasteiger partial charge in [-0.3, -0.25) is 0 Å². The summed E-state index contributed by atoms with van der Waals surface area (Å²) in [6, 6.07) is 0. The predicted molar refractivity (Wildman–Crippen MR) is 1.37 cm³/mol. The molecule has 0 N–H and O–H groups in total. The molecule has 0 atom stereocenters. The maximum Gasteiger partial charge on any atom is 2.00 e. The van der Waals surface area contributed by atoms with E-state index in [1.54, 1.807) is 0 Å². The Morgan fingerprint density at radius 1 is 0.600 bits per heavy atom. The topological polar surface area (TPSA) is 57.0 Å². The van der Waals surface area contributed by atoms with Crippen molar-refractivity contribution in [3.05, 3.63) is 0 Å². The molecule has 0 heterocycles. The van der Waals surface area contributed by atoms with E-state index in [4.69, 9.17) is 0 Å². The Morgan fingerprint density at radius 2 is 0.600 bits per heavy atom. The van der Waals surface area contributed by atoms with E-state index >= 15 is 0 Å². The third-order valence-corrected chi connectivity index (χ3v) is 0. The zero-order chi connectivity index (χ0) is 0. The van der Waals surface area contributed by atoms with E-state index in [-0.39, 0.29) is 141 Å². The number of rotatable bonds is 0. The Morgan fingerprint density at radius 3 is 0.600 bits per heavy atom. The van der Waals surface area contributed by atoms with Gasteiger partial charge in [0.25, 0.3) is 0 Å². The molecular formula is HgK2O2. The maximum atomic E-state index is 0. The van der Waals surface area contributed by atoms with Gasteiger partial charge < -0.3 is 11.0 Å². The quantitative estimate of drug-likeness (QED) is 0.400. The van der Waals surface area contributed by atoms with E-state index < -0.39 is 0 Å². The van der Waals surface area contributed by atoms with Crippen LogP contribution in [0.3, 0.4) is 0 Å². The first-order chi connectivity index (χ1) is 0. The van der Waals surface area contributed by atoms with Gasteiger partial charge in [-0.1, -0.05) is 0 Å². The molecule has 0 saturated heterocycles. The second-order valence-electron chi connectivity index (χ2n) is 0. The van der Waals surface area contributed by atoms with Crippen molar-refractivity contribution < 1.29 is 141 Å². The molecule has 0 aliphatic heterocycles. The molecule has 0 bridgehead atoms. The fourth-order valence-corrected chi connectivity index (χ4v) is 0. The molecule has 16 valence electrons. The second kappa shape index (κ2) is 24.2. The van der Waals surface area contributed by atoms with Crippen LogP contribution in [-0.2, 0) is 38.6 Å². The first-order valence-electron chi connectivity index (χ1n) is 0. The summed E-state index contributed by atoms with van der Waals surface area (Å²) in [4.78, 5) is 0. The van der Waals surface area contributed by atoms with Crippen LogP contribution in [-0.4, -0.2) is 0 Å². The normalized spacial score (nSPS) is 0. The summed E-state index contributed by atoms with van der Waals surface area (Å²) in [5.74, 6) is 0. The standard InChI is InChI=1S/Hg.2K.2O/q+2;2*+1;2*-2. The summed E-state index contributed by atoms with van der Waals surface area (Å²) >= 11 is 0. The Bertz CT molecular complexity index is 7.61. The van der Waals surface area contributed by atoms with Gasteiger partial charge in [0.15, 0.2) is 0 Å². The average molecular weight is 311 g/mol. The SMILES string of the molecule is [Hg+2].[K+].[K+].[O-2].[O-2]. The molecule has 0 radical (unpaired) electrons. The minimum atomic E-state index is 0. The van der Waals surface area contributed by atoms with Crippen LogP contribution >= 0.6 is 0 Å². The first-order valence-corrected chi connectivity index (χ1v) is 0. The molecule has 0 rings (SSSR count). The Hall–Kier alpha value is 4.13. The molecule has 0 aromatic rings. The fourth-order valence-electron chi connectivity index (χ4n) is 0. The molecule has 0 aliphatic rings. The molecule has 5 heteroatoms. The van der Waals surface area contributed by atoms with Crippen LogP contribution < -0.4 is 103 Å². The Labute approximate surface area is 137 Å². The molecule has 0 spiro atoms. The van der Waals surface area contributed by atoms with Crippen LogP contribution in [0.2, 0.25) is 0 Å². The van der Waals surface area contributed by atoms with Crippen molar-refractivity contribution in [1.29, 1.82) is 0 Å². The Balaban J connectivity index is 0. The zero-order valence-electron chi connectivity index (χ0n) is 3.52. The van der Waals surface area contributed by atoms with Crippen molar-refractivity contribution in [2.45, 2.75) is 0 Å². The van der Waals surface area contributed by atoms with Gasteiger partial charge in [0.1, 0.15) is 0 Å². The Kier molecular flexibility index (Phi) is 172. The van der Waals surface area contributed by atoms with Crippen LogP contribution in [0, 0.1) is 0 Å². The van der Waals surface area contributed by atoms with Crippen molar-refractivity contribution in [2.75, 3.05) is 0 Å². The molecule has 2 nitrogen and oxygen atoms in total. The molecule has 0 aliphatic carbocycles. The van der Waals surface area contributed by atoms with Crippen LogP contribution in [0.5, 0.6) is 0 Å². The van der Waals surface area contributed by atoms with Crippen molar-refractivity contribution in [2.24, 2.45) is 0 Å². The van der Waals surface area contributed by atoms with Crippen LogP contribution in [0.25, 0.3) is 0 Å². The largest absolute Gasteiger partial charge is 2.00 e. The molecule has 0 amide bonds. The zero-order valence-corrected chi connectivity index (χ0v) is 15.3. The van der Waals surface area contributed by atoms with Gasteiger partial charge in [0.05, 0.1) is 0 Å². The molecule has 0 fully saturated rings. The molecule has 0 saturated carbocycles. The van der Waals surface area contributed by atoms with E-state index in [1.807, 2.05) is 0 Å². The predicted octanol–water partition coefficient (Wildman–Crippen LogP) is -6.23. The first kappa shape index (κ1) is 35.4. The summed E-state index contributed by atoms with van der Waals surface area (Å²) < 4.78 is 0. The van der Waals surface area contributed by atoms with E-state index in [0.717, 1.165) is 0 Å². The smallest absolute Gasteiger partial charge is 2.00 e. The van der Waals surface area contributed by atoms with Gasteiger partial charge in [-0.05, 0) is 0 Å². The van der Waals surface area contributed by atoms with Crippen molar-refractivity contribution in [3.63, 3.8) is 0 Å². The number of hydrogen-bond donors (Lipinski definition) is 0. The van der Waals surface area contributed by atoms with Crippen molar-refractivity contribution >= 4 is 0 Å². The minimum absolute atomic E-state index is 0. The van der Waals surface area contributed by atoms with E-state index in [9.17, 15) is 0 Å². The molecule has 0 unspecified atom stereocenters. The molecule has 0 aromatic carbocycles. The summed E-state index contributed by atoms with van der Waals surface area (Å²) in [6.45, 7) is 0. The van der Waals surface area contributed by atoms with Crippen LogP contribution in [0.4, 0.5) is 0 Å². The van der Waals surface area contributed by atoms with Crippen molar-refractivity contribution in [1.82, 2.24) is 0 Å². The third-order valence-electron chi connectivity index (χ3n) is 0. The summed E-state index contributed by atoms with van der Waals surface area (Å²) in [5, 5.41) is 0. The fraction of sp³-hybridized carbons (Fsp3) is 0. The average Bonchev–Trinajstić information content (AvgIpc) is 0. The van der Waals surface area contributed by atoms with Crippen molar-refractivity contribution in [3.8, 4) is 0 Å². The van der Waals surface area contributed by atoms with Crippen LogP contribution in [0.1, 0.15) is 0 Å². The summed E-state index contributed by atoms with van der Waals surface area (Å²) in [5.41, 5.74) is 0. The van der Waals surface area contributed by atoms with Gasteiger partial charge in [0, 0.05) is 0 Å². The minimum Gasteiger partial charge on any atom is -2.00 e. The van der Waals surface area contributed by atoms with E-state index in [0.29, 0.717) is 0 Å². The van der Waals surface area contributed by atoms with Gasteiger partial charge in [-0.2, -0.15) is 0 Å². The van der Waals surface area contributed by atoms with Crippen LogP contribution in [0.15, 0.2) is 0 Å². The summed E-state index contributed by atoms with van der Waals surface area (Å²) in [7, 11) is 0. The van der Waals surface area contributed by atoms with E-state index in [1.165, 1.54) is 0 Å². The second-order valence-corrected chi connectivity index (χ2v) is 0. The number of hydrogen-bond acceptors (Lipinski definition) is 0. The third kappa shape index (κ3) is 17.9. The molecular weight excluding hydrogens is 311 g/mol. The molecule has 5 heavy (non-hydrogen) atoms. The van der Waals surface area contributed by atoms with Gasteiger partial charge in [-0.15, -0.1) is 0 Å². The monoisotopic (exact) mass is 312 g/mol. The maximum absolute atomic E-state index is 0. The van der Waals surface area contributed by atoms with Gasteiger partial charge in [-0.25, -0.2) is 0 Å².